The summed E-state index contributed by atoms with van der Waals surface area (Å²) >= 11 is 0. The summed E-state index contributed by atoms with van der Waals surface area (Å²) in [6.45, 7) is 3.72. The fourth-order valence-electron chi connectivity index (χ4n) is 3.84. The van der Waals surface area contributed by atoms with Crippen molar-refractivity contribution in [2.24, 2.45) is 0 Å². The van der Waals surface area contributed by atoms with Crippen LogP contribution in [0.2, 0.25) is 0 Å². The Morgan fingerprint density at radius 2 is 1.94 bits per heavy atom. The van der Waals surface area contributed by atoms with Crippen molar-refractivity contribution < 1.29 is 13.3 Å². The van der Waals surface area contributed by atoms with Crippen molar-refractivity contribution in [3.05, 3.63) is 75.1 Å². The number of aromatic amines is 1. The van der Waals surface area contributed by atoms with Gasteiger partial charge in [-0.25, -0.2) is 8.42 Å². The maximum absolute atomic E-state index is 12.9. The number of aryl methyl sites for hydroxylation is 3. The molecule has 1 aliphatic rings. The molecule has 0 aliphatic heterocycles. The summed E-state index contributed by atoms with van der Waals surface area (Å²) in [5.74, 6) is 0. The van der Waals surface area contributed by atoms with Crippen molar-refractivity contribution in [2.45, 2.75) is 44.0 Å². The minimum atomic E-state index is -3.98. The first-order valence-corrected chi connectivity index (χ1v) is 11.4. The summed E-state index contributed by atoms with van der Waals surface area (Å²) in [6.07, 6.45) is 4.05. The monoisotopic (exact) mass is 441 g/mol. The fourth-order valence-corrected chi connectivity index (χ4v) is 4.99. The van der Waals surface area contributed by atoms with E-state index in [1.54, 1.807) is 25.3 Å². The molecule has 0 amide bonds. The van der Waals surface area contributed by atoms with Gasteiger partial charge in [-0.3, -0.25) is 19.9 Å². The molecule has 4 rings (SSSR count). The van der Waals surface area contributed by atoms with Gasteiger partial charge in [0.15, 0.2) is 0 Å². The van der Waals surface area contributed by atoms with Crippen LogP contribution in [-0.4, -0.2) is 29.6 Å². The Balaban J connectivity index is 1.59. The number of aromatic nitrogens is 2. The lowest BCUT2D eigenvalue weighted by Gasteiger charge is -2.23. The van der Waals surface area contributed by atoms with E-state index in [-0.39, 0.29) is 16.6 Å². The molecule has 1 aliphatic carbocycles. The maximum Gasteiger partial charge on any atom is 0.293 e. The molecule has 0 saturated carbocycles. The van der Waals surface area contributed by atoms with E-state index in [1.165, 1.54) is 12.1 Å². The van der Waals surface area contributed by atoms with Crippen molar-refractivity contribution in [3.63, 3.8) is 0 Å². The summed E-state index contributed by atoms with van der Waals surface area (Å²) < 4.78 is 28.2. The van der Waals surface area contributed by atoms with Crippen LogP contribution in [0, 0.1) is 24.0 Å². The van der Waals surface area contributed by atoms with Gasteiger partial charge in [-0.1, -0.05) is 17.7 Å². The van der Waals surface area contributed by atoms with Crippen LogP contribution in [0.15, 0.2) is 47.5 Å². The maximum atomic E-state index is 12.9. The molecule has 2 aromatic carbocycles. The van der Waals surface area contributed by atoms with E-state index in [0.717, 1.165) is 41.3 Å². The normalized spacial score (nSPS) is 15.9. The third-order valence-electron chi connectivity index (χ3n) is 5.48. The molecular weight excluding hydrogens is 418 g/mol. The zero-order valence-corrected chi connectivity index (χ0v) is 18.0. The van der Waals surface area contributed by atoms with E-state index in [0.29, 0.717) is 17.8 Å². The van der Waals surface area contributed by atoms with Gasteiger partial charge in [-0.05, 0) is 62.4 Å². The van der Waals surface area contributed by atoms with E-state index < -0.39 is 14.9 Å². The van der Waals surface area contributed by atoms with Gasteiger partial charge in [0, 0.05) is 17.8 Å². The fraction of sp³-hybridized carbons (Fsp3) is 0.286. The Morgan fingerprint density at radius 3 is 2.68 bits per heavy atom. The number of H-pyrrole nitrogens is 1. The van der Waals surface area contributed by atoms with Gasteiger partial charge in [0.25, 0.3) is 15.7 Å². The quantitative estimate of drug-likeness (QED) is 0.395. The molecule has 1 atom stereocenters. The molecule has 1 heterocycles. The lowest BCUT2D eigenvalue weighted by Crippen LogP contribution is -2.27. The Hall–Kier alpha value is -3.40. The molecule has 31 heavy (non-hydrogen) atoms. The molecule has 3 N–H and O–H groups in total. The van der Waals surface area contributed by atoms with Crippen molar-refractivity contribution in [1.29, 1.82) is 0 Å². The van der Waals surface area contributed by atoms with Crippen molar-refractivity contribution in [3.8, 4) is 0 Å². The molecule has 0 radical (unpaired) electrons. The minimum Gasteiger partial charge on any atom is -0.376 e. The molecule has 0 fully saturated rings. The number of nitro groups is 1. The lowest BCUT2D eigenvalue weighted by atomic mass is 9.93. The number of hydrogen-bond acceptors (Lipinski definition) is 6. The SMILES string of the molecule is Cc1ccc(NS(=O)(=O)c2ccc(NC3CCc4[nH]ncc4C3)c([N+](=O)[O-])c2)c(C)c1. The zero-order valence-electron chi connectivity index (χ0n) is 17.2. The smallest absolute Gasteiger partial charge is 0.293 e. The number of nitro benzene ring substituents is 1. The summed E-state index contributed by atoms with van der Waals surface area (Å²) in [7, 11) is -3.98. The number of anilines is 2. The van der Waals surface area contributed by atoms with Gasteiger partial charge >= 0.3 is 0 Å². The second kappa shape index (κ2) is 8.03. The van der Waals surface area contributed by atoms with E-state index in [1.807, 2.05) is 13.0 Å². The number of nitrogens with one attached hydrogen (secondary N) is 3. The van der Waals surface area contributed by atoms with E-state index >= 15 is 0 Å². The predicted octanol–water partition coefficient (Wildman–Crippen LogP) is 3.70. The standard InChI is InChI=1S/C21H23N5O4S/c1-13-3-6-18(14(2)9-13)25-31(29,30)17-5-8-20(21(11-17)26(27)28)23-16-4-7-19-15(10-16)12-22-24-19/h3,5-6,8-9,11-12,16,23,25H,4,7,10H2,1-2H3,(H,22,24). The Morgan fingerprint density at radius 1 is 1.16 bits per heavy atom. The number of rotatable bonds is 6. The molecule has 0 spiro atoms. The number of sulfonamides is 1. The summed E-state index contributed by atoms with van der Waals surface area (Å²) in [6, 6.07) is 9.28. The number of fused-ring (bicyclic) bond motifs is 1. The zero-order chi connectivity index (χ0) is 22.2. The molecule has 10 heteroatoms. The molecule has 0 bridgehead atoms. The summed E-state index contributed by atoms with van der Waals surface area (Å²) in [4.78, 5) is 11.0. The molecule has 9 nitrogen and oxygen atoms in total. The lowest BCUT2D eigenvalue weighted by molar-refractivity contribution is -0.384. The Kier molecular flexibility index (Phi) is 5.40. The van der Waals surface area contributed by atoms with Crippen LogP contribution in [0.1, 0.15) is 28.8 Å². The highest BCUT2D eigenvalue weighted by molar-refractivity contribution is 7.92. The number of nitrogens with zero attached hydrogens (tertiary/aromatic N) is 2. The van der Waals surface area contributed by atoms with Crippen LogP contribution in [0.25, 0.3) is 0 Å². The average molecular weight is 442 g/mol. The third-order valence-corrected chi connectivity index (χ3v) is 6.84. The number of hydrogen-bond donors (Lipinski definition) is 3. The molecule has 1 aromatic heterocycles. The van der Waals surface area contributed by atoms with Gasteiger partial charge in [0.05, 0.1) is 21.7 Å². The first-order valence-electron chi connectivity index (χ1n) is 9.89. The van der Waals surface area contributed by atoms with Crippen molar-refractivity contribution >= 4 is 27.1 Å². The third kappa shape index (κ3) is 4.38. The predicted molar refractivity (Wildman–Crippen MR) is 118 cm³/mol. The first kappa shape index (κ1) is 20.9. The van der Waals surface area contributed by atoms with E-state index in [2.05, 4.69) is 20.2 Å². The summed E-state index contributed by atoms with van der Waals surface area (Å²) in [5.41, 5.74) is 4.42. The molecular formula is C21H23N5O4S. The second-order valence-corrected chi connectivity index (χ2v) is 9.50. The highest BCUT2D eigenvalue weighted by Crippen LogP contribution is 2.31. The first-order chi connectivity index (χ1) is 14.7. The Labute approximate surface area is 180 Å². The van der Waals surface area contributed by atoms with Crippen molar-refractivity contribution in [1.82, 2.24) is 10.2 Å². The van der Waals surface area contributed by atoms with Gasteiger partial charge in [0.1, 0.15) is 5.69 Å². The van der Waals surface area contributed by atoms with Crippen LogP contribution >= 0.6 is 0 Å². The van der Waals surface area contributed by atoms with Crippen LogP contribution in [-0.2, 0) is 22.9 Å². The van der Waals surface area contributed by atoms with Crippen LogP contribution in [0.4, 0.5) is 17.1 Å². The molecule has 3 aromatic rings. The van der Waals surface area contributed by atoms with Crippen molar-refractivity contribution in [2.75, 3.05) is 10.0 Å². The Bertz CT molecular complexity index is 1250. The molecule has 1 unspecified atom stereocenters. The van der Waals surface area contributed by atoms with E-state index in [9.17, 15) is 18.5 Å². The number of benzene rings is 2. The van der Waals surface area contributed by atoms with Gasteiger partial charge < -0.3 is 5.32 Å². The average Bonchev–Trinajstić information content (AvgIpc) is 3.18. The minimum absolute atomic E-state index is 0.000380. The van der Waals surface area contributed by atoms with E-state index in [4.69, 9.17) is 0 Å². The second-order valence-electron chi connectivity index (χ2n) is 7.82. The highest BCUT2D eigenvalue weighted by Gasteiger charge is 2.25. The van der Waals surface area contributed by atoms with Crippen LogP contribution in [0.3, 0.4) is 0 Å². The largest absolute Gasteiger partial charge is 0.376 e. The molecule has 0 saturated heterocycles. The van der Waals surface area contributed by atoms with Gasteiger partial charge in [-0.15, -0.1) is 0 Å². The van der Waals surface area contributed by atoms with Gasteiger partial charge in [0.2, 0.25) is 0 Å². The summed E-state index contributed by atoms with van der Waals surface area (Å²) in [5, 5.41) is 21.9. The topological polar surface area (TPSA) is 130 Å². The van der Waals surface area contributed by atoms with Crippen LogP contribution < -0.4 is 10.0 Å². The highest BCUT2D eigenvalue weighted by atomic mass is 32.2. The molecule has 162 valence electrons. The van der Waals surface area contributed by atoms with Crippen LogP contribution in [0.5, 0.6) is 0 Å². The van der Waals surface area contributed by atoms with Gasteiger partial charge in [-0.2, -0.15) is 5.10 Å².